The van der Waals surface area contributed by atoms with Crippen LogP contribution in [0.25, 0.3) is 11.4 Å². The summed E-state index contributed by atoms with van der Waals surface area (Å²) in [6.07, 6.45) is 0. The molecule has 0 unspecified atom stereocenters. The van der Waals surface area contributed by atoms with Gasteiger partial charge in [0.1, 0.15) is 0 Å². The van der Waals surface area contributed by atoms with Crippen LogP contribution in [0.1, 0.15) is 5.56 Å². The summed E-state index contributed by atoms with van der Waals surface area (Å²) in [5.41, 5.74) is 2.20. The van der Waals surface area contributed by atoms with Gasteiger partial charge in [0.05, 0.1) is 0 Å². The zero-order valence-corrected chi connectivity index (χ0v) is 8.32. The Balaban J connectivity index is 2.33. The molecule has 1 heterocycles. The number of benzene rings is 1. The Morgan fingerprint density at radius 1 is 1.23 bits per heavy atom. The number of tetrazole rings is 1. The molecule has 0 radical (unpaired) electrons. The molecule has 4 nitrogen and oxygen atoms in total. The zero-order chi connectivity index (χ0) is 9.10. The lowest BCUT2D eigenvalue weighted by molar-refractivity contribution is 0.881. The Morgan fingerprint density at radius 2 is 2.00 bits per heavy atom. The van der Waals surface area contributed by atoms with Crippen molar-refractivity contribution in [2.45, 2.75) is 5.33 Å². The van der Waals surface area contributed by atoms with E-state index in [-0.39, 0.29) is 0 Å². The van der Waals surface area contributed by atoms with Gasteiger partial charge in [0.2, 0.25) is 5.82 Å². The smallest absolute Gasteiger partial charge is 0.177 e. The fourth-order valence-electron chi connectivity index (χ4n) is 1.03. The third-order valence-corrected chi connectivity index (χ3v) is 2.36. The van der Waals surface area contributed by atoms with E-state index in [0.717, 1.165) is 10.9 Å². The van der Waals surface area contributed by atoms with Crippen molar-refractivity contribution < 1.29 is 0 Å². The molecule has 1 N–H and O–H groups in total. The summed E-state index contributed by atoms with van der Waals surface area (Å²) in [6.45, 7) is 0. The highest BCUT2D eigenvalue weighted by atomic mass is 79.9. The van der Waals surface area contributed by atoms with Crippen molar-refractivity contribution in [2.24, 2.45) is 0 Å². The largest absolute Gasteiger partial charge is 0.204 e. The lowest BCUT2D eigenvalue weighted by Gasteiger charge is -1.96. The number of alkyl halides is 1. The molecule has 0 saturated heterocycles. The maximum Gasteiger partial charge on any atom is 0.204 e. The highest BCUT2D eigenvalue weighted by Crippen LogP contribution is 2.14. The minimum Gasteiger partial charge on any atom is -0.177 e. The Hall–Kier alpha value is -1.23. The third kappa shape index (κ3) is 1.75. The van der Waals surface area contributed by atoms with Gasteiger partial charge in [-0.05, 0) is 10.8 Å². The molecular weight excluding hydrogens is 232 g/mol. The number of rotatable bonds is 2. The van der Waals surface area contributed by atoms with Crippen molar-refractivity contribution >= 4 is 15.9 Å². The van der Waals surface area contributed by atoms with Gasteiger partial charge in [-0.25, -0.2) is 0 Å². The van der Waals surface area contributed by atoms with Crippen LogP contribution in [0.3, 0.4) is 0 Å². The Labute approximate surface area is 83.5 Å². The van der Waals surface area contributed by atoms with Crippen LogP contribution in [0.5, 0.6) is 0 Å². The summed E-state index contributed by atoms with van der Waals surface area (Å²) in [5, 5.41) is 14.5. The molecule has 0 fully saturated rings. The number of hydrogen-bond donors (Lipinski definition) is 1. The SMILES string of the molecule is BrCc1ccc(-c2nn[nH]n2)cc1. The first-order valence-corrected chi connectivity index (χ1v) is 4.91. The van der Waals surface area contributed by atoms with E-state index >= 15 is 0 Å². The average molecular weight is 239 g/mol. The second-order valence-corrected chi connectivity index (χ2v) is 3.13. The number of aromatic amines is 1. The van der Waals surface area contributed by atoms with Crippen LogP contribution in [0.4, 0.5) is 0 Å². The van der Waals surface area contributed by atoms with Crippen molar-refractivity contribution in [2.75, 3.05) is 0 Å². The molecule has 2 aromatic rings. The van der Waals surface area contributed by atoms with Crippen LogP contribution in [0.15, 0.2) is 24.3 Å². The number of hydrogen-bond acceptors (Lipinski definition) is 3. The lowest BCUT2D eigenvalue weighted by Crippen LogP contribution is -1.82. The molecule has 66 valence electrons. The van der Waals surface area contributed by atoms with Crippen LogP contribution in [-0.2, 0) is 5.33 Å². The summed E-state index contributed by atoms with van der Waals surface area (Å²) in [5.74, 6) is 0.626. The molecule has 0 atom stereocenters. The molecular formula is C8H7BrN4. The van der Waals surface area contributed by atoms with Gasteiger partial charge in [0.25, 0.3) is 0 Å². The highest BCUT2D eigenvalue weighted by Gasteiger charge is 2.00. The predicted molar refractivity (Wildman–Crippen MR) is 52.2 cm³/mol. The van der Waals surface area contributed by atoms with E-state index < -0.39 is 0 Å². The van der Waals surface area contributed by atoms with Gasteiger partial charge in [0.15, 0.2) is 0 Å². The monoisotopic (exact) mass is 238 g/mol. The number of aromatic nitrogens is 4. The normalized spacial score (nSPS) is 10.2. The summed E-state index contributed by atoms with van der Waals surface area (Å²) in [7, 11) is 0. The zero-order valence-electron chi connectivity index (χ0n) is 6.74. The Morgan fingerprint density at radius 3 is 2.54 bits per heavy atom. The number of halogens is 1. The molecule has 0 saturated carbocycles. The summed E-state index contributed by atoms with van der Waals surface area (Å²) in [6, 6.07) is 8.00. The van der Waals surface area contributed by atoms with Crippen LogP contribution < -0.4 is 0 Å². The van der Waals surface area contributed by atoms with E-state index in [1.807, 2.05) is 24.3 Å². The second kappa shape index (κ2) is 3.66. The maximum absolute atomic E-state index is 3.88. The van der Waals surface area contributed by atoms with Gasteiger partial charge >= 0.3 is 0 Å². The molecule has 5 heteroatoms. The topological polar surface area (TPSA) is 54.5 Å². The van der Waals surface area contributed by atoms with Crippen molar-refractivity contribution in [1.82, 2.24) is 20.6 Å². The number of nitrogens with one attached hydrogen (secondary N) is 1. The van der Waals surface area contributed by atoms with E-state index in [4.69, 9.17) is 0 Å². The molecule has 0 aliphatic heterocycles. The molecule has 1 aromatic heterocycles. The predicted octanol–water partition coefficient (Wildman–Crippen LogP) is 1.76. The molecule has 0 amide bonds. The van der Waals surface area contributed by atoms with Crippen LogP contribution in [-0.4, -0.2) is 20.6 Å². The molecule has 0 spiro atoms. The quantitative estimate of drug-likeness (QED) is 0.812. The van der Waals surface area contributed by atoms with E-state index in [1.54, 1.807) is 0 Å². The van der Waals surface area contributed by atoms with Gasteiger partial charge in [-0.1, -0.05) is 40.2 Å². The third-order valence-electron chi connectivity index (χ3n) is 1.71. The second-order valence-electron chi connectivity index (χ2n) is 2.57. The number of nitrogens with zero attached hydrogens (tertiary/aromatic N) is 3. The fourth-order valence-corrected chi connectivity index (χ4v) is 1.40. The molecule has 0 bridgehead atoms. The maximum atomic E-state index is 3.88. The molecule has 0 aliphatic carbocycles. The summed E-state index contributed by atoms with van der Waals surface area (Å²) < 4.78 is 0. The average Bonchev–Trinajstić information content (AvgIpc) is 2.71. The summed E-state index contributed by atoms with van der Waals surface area (Å²) >= 11 is 3.38. The van der Waals surface area contributed by atoms with Crippen LogP contribution in [0.2, 0.25) is 0 Å². The molecule has 0 aliphatic rings. The van der Waals surface area contributed by atoms with Gasteiger partial charge in [-0.3, -0.25) is 0 Å². The Bertz CT molecular complexity index is 368. The van der Waals surface area contributed by atoms with E-state index in [9.17, 15) is 0 Å². The van der Waals surface area contributed by atoms with Gasteiger partial charge < -0.3 is 0 Å². The first kappa shape index (κ1) is 8.37. The first-order chi connectivity index (χ1) is 6.40. The van der Waals surface area contributed by atoms with Crippen molar-refractivity contribution in [1.29, 1.82) is 0 Å². The Kier molecular flexibility index (Phi) is 2.35. The van der Waals surface area contributed by atoms with Crippen molar-refractivity contribution in [3.05, 3.63) is 29.8 Å². The first-order valence-electron chi connectivity index (χ1n) is 3.79. The van der Waals surface area contributed by atoms with Gasteiger partial charge in [-0.15, -0.1) is 10.2 Å². The summed E-state index contributed by atoms with van der Waals surface area (Å²) in [4.78, 5) is 0. The van der Waals surface area contributed by atoms with E-state index in [1.165, 1.54) is 5.56 Å². The lowest BCUT2D eigenvalue weighted by atomic mass is 10.1. The van der Waals surface area contributed by atoms with Gasteiger partial charge in [-0.2, -0.15) is 5.21 Å². The standard InChI is InChI=1S/C8H7BrN4/c9-5-6-1-3-7(4-2-6)8-10-12-13-11-8/h1-4H,5H2,(H,10,11,12,13). The molecule has 2 rings (SSSR count). The van der Waals surface area contributed by atoms with Crippen LogP contribution in [0, 0.1) is 0 Å². The van der Waals surface area contributed by atoms with Crippen molar-refractivity contribution in [3.63, 3.8) is 0 Å². The fraction of sp³-hybridized carbons (Fsp3) is 0.125. The van der Waals surface area contributed by atoms with E-state index in [0.29, 0.717) is 5.82 Å². The van der Waals surface area contributed by atoms with E-state index in [2.05, 4.69) is 36.6 Å². The van der Waals surface area contributed by atoms with Crippen LogP contribution >= 0.6 is 15.9 Å². The molecule has 13 heavy (non-hydrogen) atoms. The van der Waals surface area contributed by atoms with Gasteiger partial charge in [0, 0.05) is 10.9 Å². The minimum atomic E-state index is 0.626. The number of H-pyrrole nitrogens is 1. The highest BCUT2D eigenvalue weighted by molar-refractivity contribution is 9.08. The van der Waals surface area contributed by atoms with Crippen molar-refractivity contribution in [3.8, 4) is 11.4 Å². The molecule has 1 aromatic carbocycles. The minimum absolute atomic E-state index is 0.626.